The molecule has 0 fully saturated rings. The van der Waals surface area contributed by atoms with Crippen LogP contribution in [0.1, 0.15) is 12.0 Å². The summed E-state index contributed by atoms with van der Waals surface area (Å²) in [4.78, 5) is 12.2. The van der Waals surface area contributed by atoms with Gasteiger partial charge < -0.3 is 11.1 Å². The van der Waals surface area contributed by atoms with E-state index in [-0.39, 0.29) is 10.9 Å². The lowest BCUT2D eigenvalue weighted by molar-refractivity contribution is -0.116. The monoisotopic (exact) mass is 400 g/mol. The highest BCUT2D eigenvalue weighted by molar-refractivity contribution is 14.1. The molecule has 0 saturated carbocycles. The third-order valence-electron chi connectivity index (χ3n) is 2.64. The molecule has 0 aliphatic heterocycles. The van der Waals surface area contributed by atoms with E-state index in [1.807, 2.05) is 18.3 Å². The Balaban J connectivity index is 1.96. The van der Waals surface area contributed by atoms with Crippen molar-refractivity contribution in [3.63, 3.8) is 0 Å². The zero-order valence-corrected chi connectivity index (χ0v) is 13.5. The van der Waals surface area contributed by atoms with Gasteiger partial charge in [0.15, 0.2) is 0 Å². The van der Waals surface area contributed by atoms with Crippen LogP contribution < -0.4 is 11.1 Å². The summed E-state index contributed by atoms with van der Waals surface area (Å²) in [6.07, 6.45) is 3.97. The minimum Gasteiger partial charge on any atom is -0.389 e. The molecule has 20 heavy (non-hydrogen) atoms. The quantitative estimate of drug-likeness (QED) is 0.596. The highest BCUT2D eigenvalue weighted by atomic mass is 127. The zero-order valence-electron chi connectivity index (χ0n) is 10.5. The predicted octanol–water partition coefficient (Wildman–Crippen LogP) is 2.15. The molecule has 0 radical (unpaired) electrons. The van der Waals surface area contributed by atoms with Gasteiger partial charge in [0.25, 0.3) is 0 Å². The first-order chi connectivity index (χ1) is 9.56. The summed E-state index contributed by atoms with van der Waals surface area (Å²) in [5, 5.41) is 6.95. The highest BCUT2D eigenvalue weighted by Gasteiger charge is 2.08. The number of aryl methyl sites for hydroxylation is 1. The fourth-order valence-corrected chi connectivity index (χ4v) is 2.32. The summed E-state index contributed by atoms with van der Waals surface area (Å²) in [7, 11) is 0. The van der Waals surface area contributed by atoms with Crippen LogP contribution >= 0.6 is 34.8 Å². The Morgan fingerprint density at radius 2 is 2.20 bits per heavy atom. The standard InChI is InChI=1S/C13H13IN4OS/c14-9-7-16-18(8-9)6-5-12(19)17-11-4-2-1-3-10(11)13(15)20/h1-4,7-8H,5-6H2,(H2,15,20)(H,17,19). The number of amides is 1. The van der Waals surface area contributed by atoms with Crippen molar-refractivity contribution in [2.75, 3.05) is 5.32 Å². The van der Waals surface area contributed by atoms with Crippen LogP contribution in [0.2, 0.25) is 0 Å². The molecule has 3 N–H and O–H groups in total. The van der Waals surface area contributed by atoms with Gasteiger partial charge in [-0.2, -0.15) is 5.10 Å². The van der Waals surface area contributed by atoms with Crippen LogP contribution in [0, 0.1) is 3.57 Å². The third-order valence-corrected chi connectivity index (χ3v) is 3.41. The van der Waals surface area contributed by atoms with E-state index < -0.39 is 0 Å². The number of carbonyl (C=O) groups is 1. The Kier molecular flexibility index (Phi) is 5.07. The van der Waals surface area contributed by atoms with Crippen molar-refractivity contribution in [3.05, 3.63) is 45.8 Å². The van der Waals surface area contributed by atoms with Gasteiger partial charge in [-0.05, 0) is 34.7 Å². The summed E-state index contributed by atoms with van der Waals surface area (Å²) in [6.45, 7) is 0.532. The van der Waals surface area contributed by atoms with E-state index in [1.54, 1.807) is 23.0 Å². The fraction of sp³-hybridized carbons (Fsp3) is 0.154. The van der Waals surface area contributed by atoms with Gasteiger partial charge in [-0.25, -0.2) is 0 Å². The highest BCUT2D eigenvalue weighted by Crippen LogP contribution is 2.15. The van der Waals surface area contributed by atoms with Crippen LogP contribution in [0.15, 0.2) is 36.7 Å². The van der Waals surface area contributed by atoms with Gasteiger partial charge in [0, 0.05) is 24.7 Å². The number of thiocarbonyl (C=S) groups is 1. The first kappa shape index (κ1) is 14.9. The zero-order chi connectivity index (χ0) is 14.5. The average molecular weight is 400 g/mol. The molecule has 1 heterocycles. The Morgan fingerprint density at radius 1 is 1.45 bits per heavy atom. The first-order valence-corrected chi connectivity index (χ1v) is 7.41. The van der Waals surface area contributed by atoms with E-state index in [0.29, 0.717) is 24.2 Å². The molecule has 0 bridgehead atoms. The van der Waals surface area contributed by atoms with Gasteiger partial charge in [0.05, 0.1) is 15.5 Å². The predicted molar refractivity (Wildman–Crippen MR) is 90.5 cm³/mol. The van der Waals surface area contributed by atoms with Gasteiger partial charge in [0.2, 0.25) is 5.91 Å². The number of rotatable bonds is 5. The van der Waals surface area contributed by atoms with Crippen LogP contribution in [0.4, 0.5) is 5.69 Å². The molecule has 104 valence electrons. The molecule has 1 amide bonds. The molecule has 0 aliphatic rings. The summed E-state index contributed by atoms with van der Waals surface area (Å²) >= 11 is 7.13. The van der Waals surface area contributed by atoms with Crippen molar-refractivity contribution in [1.82, 2.24) is 9.78 Å². The maximum Gasteiger partial charge on any atom is 0.226 e. The molecule has 0 spiro atoms. The number of hydrogen-bond donors (Lipinski definition) is 2. The fourth-order valence-electron chi connectivity index (χ4n) is 1.70. The molecule has 1 aromatic heterocycles. The second kappa shape index (κ2) is 6.80. The van der Waals surface area contributed by atoms with Crippen molar-refractivity contribution in [3.8, 4) is 0 Å². The number of halogens is 1. The average Bonchev–Trinajstić information content (AvgIpc) is 2.83. The summed E-state index contributed by atoms with van der Waals surface area (Å²) < 4.78 is 2.78. The van der Waals surface area contributed by atoms with Crippen LogP contribution in [0.5, 0.6) is 0 Å². The number of anilines is 1. The van der Waals surface area contributed by atoms with E-state index in [1.165, 1.54) is 0 Å². The molecular weight excluding hydrogens is 387 g/mol. The van der Waals surface area contributed by atoms with E-state index in [2.05, 4.69) is 33.0 Å². The molecule has 0 unspecified atom stereocenters. The second-order valence-electron chi connectivity index (χ2n) is 4.13. The summed E-state index contributed by atoms with van der Waals surface area (Å²) in [5.74, 6) is -0.0980. The molecule has 2 rings (SSSR count). The number of aromatic nitrogens is 2. The number of carbonyl (C=O) groups excluding carboxylic acids is 1. The van der Waals surface area contributed by atoms with Crippen molar-refractivity contribution in [1.29, 1.82) is 0 Å². The number of para-hydroxylation sites is 1. The summed E-state index contributed by atoms with van der Waals surface area (Å²) in [5.41, 5.74) is 6.93. The number of hydrogen-bond acceptors (Lipinski definition) is 3. The van der Waals surface area contributed by atoms with Gasteiger partial charge >= 0.3 is 0 Å². The van der Waals surface area contributed by atoms with Crippen LogP contribution in [0.25, 0.3) is 0 Å². The van der Waals surface area contributed by atoms with Gasteiger partial charge in [0.1, 0.15) is 4.99 Å². The second-order valence-corrected chi connectivity index (χ2v) is 5.82. The third kappa shape index (κ3) is 4.01. The Morgan fingerprint density at radius 3 is 2.85 bits per heavy atom. The molecule has 5 nitrogen and oxygen atoms in total. The molecule has 1 aromatic carbocycles. The molecule has 7 heteroatoms. The number of nitrogens with two attached hydrogens (primary N) is 1. The van der Waals surface area contributed by atoms with Crippen LogP contribution in [-0.4, -0.2) is 20.7 Å². The molecular formula is C13H13IN4OS. The van der Waals surface area contributed by atoms with E-state index in [0.717, 1.165) is 3.57 Å². The maximum absolute atomic E-state index is 11.9. The lowest BCUT2D eigenvalue weighted by atomic mass is 10.1. The SMILES string of the molecule is NC(=S)c1ccccc1NC(=O)CCn1cc(I)cn1. The lowest BCUT2D eigenvalue weighted by Crippen LogP contribution is -2.18. The Bertz CT molecular complexity index is 641. The van der Waals surface area contributed by atoms with Crippen LogP contribution in [0.3, 0.4) is 0 Å². The van der Waals surface area contributed by atoms with E-state index in [4.69, 9.17) is 18.0 Å². The van der Waals surface area contributed by atoms with Gasteiger partial charge in [-0.1, -0.05) is 24.4 Å². The number of nitrogens with one attached hydrogen (secondary N) is 1. The largest absolute Gasteiger partial charge is 0.389 e. The van der Waals surface area contributed by atoms with Crippen LogP contribution in [-0.2, 0) is 11.3 Å². The lowest BCUT2D eigenvalue weighted by Gasteiger charge is -2.09. The molecule has 0 saturated heterocycles. The Labute approximate surface area is 135 Å². The number of benzene rings is 1. The van der Waals surface area contributed by atoms with Crippen molar-refractivity contribution >= 4 is 51.4 Å². The van der Waals surface area contributed by atoms with Gasteiger partial charge in [-0.15, -0.1) is 0 Å². The van der Waals surface area contributed by atoms with Crippen molar-refractivity contribution in [2.24, 2.45) is 5.73 Å². The van der Waals surface area contributed by atoms with Gasteiger partial charge in [-0.3, -0.25) is 9.48 Å². The van der Waals surface area contributed by atoms with E-state index >= 15 is 0 Å². The first-order valence-electron chi connectivity index (χ1n) is 5.93. The van der Waals surface area contributed by atoms with E-state index in [9.17, 15) is 4.79 Å². The smallest absolute Gasteiger partial charge is 0.226 e. The van der Waals surface area contributed by atoms with Crippen molar-refractivity contribution < 1.29 is 4.79 Å². The maximum atomic E-state index is 11.9. The topological polar surface area (TPSA) is 72.9 Å². The normalized spacial score (nSPS) is 10.2. The molecule has 2 aromatic rings. The minimum atomic E-state index is -0.0980. The van der Waals surface area contributed by atoms with Crippen molar-refractivity contribution in [2.45, 2.75) is 13.0 Å². The summed E-state index contributed by atoms with van der Waals surface area (Å²) in [6, 6.07) is 7.22. The molecule has 0 atom stereocenters. The Hall–Kier alpha value is -1.48. The number of nitrogens with zero attached hydrogens (tertiary/aromatic N) is 2. The molecule has 0 aliphatic carbocycles. The minimum absolute atomic E-state index is 0.0980.